The van der Waals surface area contributed by atoms with E-state index in [1.165, 1.54) is 0 Å². The van der Waals surface area contributed by atoms with Crippen molar-refractivity contribution >= 4 is 34.8 Å². The molecule has 2 N–H and O–H groups in total. The summed E-state index contributed by atoms with van der Waals surface area (Å²) in [5.74, 6) is 0.140. The van der Waals surface area contributed by atoms with Gasteiger partial charge in [-0.25, -0.2) is 0 Å². The average molecular weight is 235 g/mol. The lowest BCUT2D eigenvalue weighted by molar-refractivity contribution is -0.206. The molecule has 12 heavy (non-hydrogen) atoms. The number of aliphatic hydroxyl groups is 2. The first kappa shape index (κ1) is 10.8. The van der Waals surface area contributed by atoms with Gasteiger partial charge in [0.05, 0.1) is 22.7 Å². The Balaban J connectivity index is 2.63. The number of hydrogen-bond donors (Lipinski definition) is 2. The third-order valence-electron chi connectivity index (χ3n) is 1.74. The lowest BCUT2D eigenvalue weighted by Crippen LogP contribution is -2.53. The van der Waals surface area contributed by atoms with Crippen LogP contribution in [0.4, 0.5) is 0 Å². The van der Waals surface area contributed by atoms with E-state index in [9.17, 15) is 5.11 Å². The van der Waals surface area contributed by atoms with Crippen molar-refractivity contribution in [2.45, 2.75) is 29.3 Å². The second-order valence-electron chi connectivity index (χ2n) is 2.60. The summed E-state index contributed by atoms with van der Waals surface area (Å²) in [6.07, 6.45) is -2.98. The molecule has 3 nitrogen and oxygen atoms in total. The van der Waals surface area contributed by atoms with Gasteiger partial charge in [-0.15, -0.1) is 34.8 Å². The standard InChI is InChI=1S/C6H9Cl3O3/c7-1-2-3(8)4(9)5(10)6(11)12-2/h2-6,10-11H,1H2/t2-,3+,4+,5-,6+/m0/s1. The predicted molar refractivity (Wildman–Crippen MR) is 46.9 cm³/mol. The zero-order chi connectivity index (χ0) is 9.30. The van der Waals surface area contributed by atoms with Crippen LogP contribution in [0.2, 0.25) is 0 Å². The van der Waals surface area contributed by atoms with Crippen molar-refractivity contribution in [2.24, 2.45) is 0 Å². The van der Waals surface area contributed by atoms with Crippen LogP contribution in [0, 0.1) is 0 Å². The summed E-state index contributed by atoms with van der Waals surface area (Å²) in [6.45, 7) is 0. The van der Waals surface area contributed by atoms with Crippen molar-refractivity contribution in [3.05, 3.63) is 0 Å². The van der Waals surface area contributed by atoms with E-state index >= 15 is 0 Å². The SMILES string of the molecule is O[C@H]1[C@H](Cl)[C@H](Cl)[C@H](CCl)O[C@H]1O. The fourth-order valence-electron chi connectivity index (χ4n) is 1.01. The molecule has 72 valence electrons. The summed E-state index contributed by atoms with van der Waals surface area (Å²) in [4.78, 5) is 0. The first-order valence-electron chi connectivity index (χ1n) is 3.43. The van der Waals surface area contributed by atoms with Gasteiger partial charge in [0, 0.05) is 0 Å². The summed E-state index contributed by atoms with van der Waals surface area (Å²) in [7, 11) is 0. The van der Waals surface area contributed by atoms with Crippen molar-refractivity contribution in [1.29, 1.82) is 0 Å². The maximum Gasteiger partial charge on any atom is 0.182 e. The van der Waals surface area contributed by atoms with Crippen LogP contribution in [0.15, 0.2) is 0 Å². The average Bonchev–Trinajstić information content (AvgIpc) is 2.08. The van der Waals surface area contributed by atoms with Gasteiger partial charge in [-0.3, -0.25) is 0 Å². The zero-order valence-electron chi connectivity index (χ0n) is 6.03. The lowest BCUT2D eigenvalue weighted by atomic mass is 10.1. The van der Waals surface area contributed by atoms with Gasteiger partial charge in [0.2, 0.25) is 0 Å². The fourth-order valence-corrected chi connectivity index (χ4v) is 1.95. The molecular formula is C6H9Cl3O3. The maximum absolute atomic E-state index is 9.20. The van der Waals surface area contributed by atoms with Gasteiger partial charge in [-0.2, -0.15) is 0 Å². The second-order valence-corrected chi connectivity index (χ2v) is 3.92. The van der Waals surface area contributed by atoms with Crippen molar-refractivity contribution in [3.63, 3.8) is 0 Å². The van der Waals surface area contributed by atoms with E-state index in [-0.39, 0.29) is 5.88 Å². The molecule has 1 fully saturated rings. The molecule has 1 heterocycles. The van der Waals surface area contributed by atoms with Crippen molar-refractivity contribution < 1.29 is 14.9 Å². The minimum Gasteiger partial charge on any atom is -0.386 e. The molecule has 0 aromatic carbocycles. The van der Waals surface area contributed by atoms with Crippen molar-refractivity contribution in [2.75, 3.05) is 5.88 Å². The van der Waals surface area contributed by atoms with E-state index in [0.29, 0.717) is 0 Å². The molecule has 0 unspecified atom stereocenters. The van der Waals surface area contributed by atoms with Crippen LogP contribution in [0.5, 0.6) is 0 Å². The van der Waals surface area contributed by atoms with Crippen LogP contribution >= 0.6 is 34.8 Å². The number of hydrogen-bond acceptors (Lipinski definition) is 3. The molecule has 1 saturated heterocycles. The van der Waals surface area contributed by atoms with Gasteiger partial charge in [-0.05, 0) is 0 Å². The van der Waals surface area contributed by atoms with Crippen LogP contribution in [0.3, 0.4) is 0 Å². The lowest BCUT2D eigenvalue weighted by Gasteiger charge is -2.36. The van der Waals surface area contributed by atoms with E-state index in [4.69, 9.17) is 44.6 Å². The highest BCUT2D eigenvalue weighted by atomic mass is 35.5. The summed E-state index contributed by atoms with van der Waals surface area (Å²) < 4.78 is 4.89. The van der Waals surface area contributed by atoms with E-state index in [0.717, 1.165) is 0 Å². The Kier molecular flexibility index (Phi) is 3.89. The van der Waals surface area contributed by atoms with E-state index in [2.05, 4.69) is 0 Å². The first-order valence-corrected chi connectivity index (χ1v) is 4.84. The molecule has 1 rings (SSSR count). The van der Waals surface area contributed by atoms with Gasteiger partial charge >= 0.3 is 0 Å². The smallest absolute Gasteiger partial charge is 0.182 e. The van der Waals surface area contributed by atoms with E-state index in [1.54, 1.807) is 0 Å². The molecule has 6 heteroatoms. The number of rotatable bonds is 1. The third kappa shape index (κ3) is 1.97. The van der Waals surface area contributed by atoms with Gasteiger partial charge in [0.1, 0.15) is 6.10 Å². The van der Waals surface area contributed by atoms with Gasteiger partial charge in [-0.1, -0.05) is 0 Å². The Morgan fingerprint density at radius 1 is 1.17 bits per heavy atom. The molecule has 1 aliphatic heterocycles. The molecule has 0 aromatic rings. The van der Waals surface area contributed by atoms with Gasteiger partial charge < -0.3 is 14.9 Å². The minimum absolute atomic E-state index is 0.140. The Bertz CT molecular complexity index is 152. The summed E-state index contributed by atoms with van der Waals surface area (Å²) in [6, 6.07) is 0. The van der Waals surface area contributed by atoms with Crippen molar-refractivity contribution in [3.8, 4) is 0 Å². The minimum atomic E-state index is -1.30. The zero-order valence-corrected chi connectivity index (χ0v) is 8.30. The fraction of sp³-hybridized carbons (Fsp3) is 1.00. The highest BCUT2D eigenvalue weighted by Gasteiger charge is 2.42. The Morgan fingerprint density at radius 3 is 2.25 bits per heavy atom. The summed E-state index contributed by atoms with van der Waals surface area (Å²) in [5, 5.41) is 17.0. The monoisotopic (exact) mass is 234 g/mol. The number of alkyl halides is 3. The molecule has 0 bridgehead atoms. The van der Waals surface area contributed by atoms with E-state index in [1.807, 2.05) is 0 Å². The Hall–Kier alpha value is 0.750. The molecule has 0 aromatic heterocycles. The van der Waals surface area contributed by atoms with Gasteiger partial charge in [0.25, 0.3) is 0 Å². The van der Waals surface area contributed by atoms with Crippen LogP contribution in [-0.4, -0.2) is 45.3 Å². The topological polar surface area (TPSA) is 49.7 Å². The molecule has 1 aliphatic rings. The number of ether oxygens (including phenoxy) is 1. The molecule has 0 saturated carbocycles. The maximum atomic E-state index is 9.20. The molecular weight excluding hydrogens is 226 g/mol. The van der Waals surface area contributed by atoms with Crippen LogP contribution < -0.4 is 0 Å². The molecule has 5 atom stereocenters. The van der Waals surface area contributed by atoms with Crippen LogP contribution in [0.1, 0.15) is 0 Å². The normalized spacial score (nSPS) is 49.2. The molecule has 0 amide bonds. The molecule has 0 spiro atoms. The highest BCUT2D eigenvalue weighted by molar-refractivity contribution is 6.31. The van der Waals surface area contributed by atoms with E-state index < -0.39 is 29.3 Å². The summed E-state index contributed by atoms with van der Waals surface area (Å²) in [5.41, 5.74) is 0. The second kappa shape index (κ2) is 4.31. The van der Waals surface area contributed by atoms with Gasteiger partial charge in [0.15, 0.2) is 6.29 Å². The quantitative estimate of drug-likeness (QED) is 0.652. The Labute approximate surface area is 85.2 Å². The summed E-state index contributed by atoms with van der Waals surface area (Å²) >= 11 is 17.0. The molecule has 0 aliphatic carbocycles. The number of aliphatic hydroxyl groups excluding tert-OH is 2. The number of halogens is 3. The largest absolute Gasteiger partial charge is 0.386 e. The highest BCUT2D eigenvalue weighted by Crippen LogP contribution is 2.28. The first-order chi connectivity index (χ1) is 5.57. The third-order valence-corrected chi connectivity index (χ3v) is 3.26. The van der Waals surface area contributed by atoms with Crippen LogP contribution in [-0.2, 0) is 4.74 Å². The van der Waals surface area contributed by atoms with Crippen molar-refractivity contribution in [1.82, 2.24) is 0 Å². The Morgan fingerprint density at radius 2 is 1.75 bits per heavy atom. The molecule has 0 radical (unpaired) electrons. The van der Waals surface area contributed by atoms with Crippen LogP contribution in [0.25, 0.3) is 0 Å². The predicted octanol–water partition coefficient (Wildman–Crippen LogP) is 0.518.